The van der Waals surface area contributed by atoms with Gasteiger partial charge in [-0.3, -0.25) is 19.3 Å². The third kappa shape index (κ3) is 7.97. The summed E-state index contributed by atoms with van der Waals surface area (Å²) < 4.78 is 0. The van der Waals surface area contributed by atoms with Crippen LogP contribution in [0.2, 0.25) is 0 Å². The van der Waals surface area contributed by atoms with Crippen LogP contribution in [-0.2, 0) is 14.4 Å². The van der Waals surface area contributed by atoms with Gasteiger partial charge in [0.25, 0.3) is 0 Å². The number of Topliss-reactive ketones (excluding diaryl/α,β-unsaturated/α-hetero) is 1. The van der Waals surface area contributed by atoms with E-state index < -0.39 is 0 Å². The van der Waals surface area contributed by atoms with Crippen LogP contribution in [0.15, 0.2) is 59.7 Å². The first kappa shape index (κ1) is 28.0. The van der Waals surface area contributed by atoms with Gasteiger partial charge in [-0.25, -0.2) is 0 Å². The second-order valence-corrected chi connectivity index (χ2v) is 9.04. The first-order valence-corrected chi connectivity index (χ1v) is 12.2. The van der Waals surface area contributed by atoms with Gasteiger partial charge in [0, 0.05) is 24.2 Å². The molecule has 3 rings (SSSR count). The van der Waals surface area contributed by atoms with Crippen LogP contribution in [0.3, 0.4) is 0 Å². The Morgan fingerprint density at radius 2 is 1.47 bits per heavy atom. The summed E-state index contributed by atoms with van der Waals surface area (Å²) in [5.41, 5.74) is 8.81. The number of benzene rings is 2. The van der Waals surface area contributed by atoms with E-state index in [2.05, 4.69) is 17.5 Å². The second kappa shape index (κ2) is 13.7. The molecule has 0 saturated carbocycles. The number of amides is 2. The Kier molecular flexibility index (Phi) is 10.1. The van der Waals surface area contributed by atoms with Crippen molar-refractivity contribution in [2.45, 2.75) is 6.42 Å². The maximum atomic E-state index is 13.4. The molecule has 38 heavy (non-hydrogen) atoms. The van der Waals surface area contributed by atoms with E-state index in [0.29, 0.717) is 35.4 Å². The Hall–Kier alpha value is -4.57. The van der Waals surface area contributed by atoms with Crippen LogP contribution in [0.25, 0.3) is 12.2 Å². The van der Waals surface area contributed by atoms with Crippen molar-refractivity contribution in [3.05, 3.63) is 81.9 Å². The standard InChI is InChI=1S/C29H30N6O3/c1-34(12-2-11-30)20-27(36)33-17-28(37)35-18-25(13-21-3-7-23(15-31)8-4-21)29(38)26(19-35)14-22-5-9-24(16-32)10-6-22/h3-10,13-14H,2,11-12,17-20,30H2,1H3,(H,33,36)/b25-13+,26-14+. The molecule has 0 atom stereocenters. The molecule has 0 bridgehead atoms. The fourth-order valence-corrected chi connectivity index (χ4v) is 3.95. The molecule has 9 heteroatoms. The van der Waals surface area contributed by atoms with Crippen molar-refractivity contribution in [2.24, 2.45) is 5.73 Å². The van der Waals surface area contributed by atoms with Crippen LogP contribution in [0.4, 0.5) is 0 Å². The minimum Gasteiger partial charge on any atom is -0.346 e. The zero-order chi connectivity index (χ0) is 27.5. The van der Waals surface area contributed by atoms with E-state index >= 15 is 0 Å². The summed E-state index contributed by atoms with van der Waals surface area (Å²) in [7, 11) is 1.81. The molecule has 1 heterocycles. The third-order valence-electron chi connectivity index (χ3n) is 6.01. The number of hydrogen-bond acceptors (Lipinski definition) is 7. The normalized spacial score (nSPS) is 15.4. The van der Waals surface area contributed by atoms with Crippen LogP contribution < -0.4 is 11.1 Å². The molecule has 0 unspecified atom stereocenters. The summed E-state index contributed by atoms with van der Waals surface area (Å²) in [5, 5.41) is 20.8. The van der Waals surface area contributed by atoms with Gasteiger partial charge in [0.2, 0.25) is 11.8 Å². The Balaban J connectivity index is 1.80. The van der Waals surface area contributed by atoms with Gasteiger partial charge >= 0.3 is 0 Å². The Bertz CT molecular complexity index is 1230. The number of ketones is 1. The van der Waals surface area contributed by atoms with Gasteiger partial charge in [0.15, 0.2) is 5.78 Å². The number of hydrogen-bond donors (Lipinski definition) is 2. The molecule has 1 aliphatic heterocycles. The Morgan fingerprint density at radius 1 is 0.974 bits per heavy atom. The predicted octanol–water partition coefficient (Wildman–Crippen LogP) is 1.71. The van der Waals surface area contributed by atoms with Crippen molar-refractivity contribution in [2.75, 3.05) is 46.3 Å². The van der Waals surface area contributed by atoms with Crippen molar-refractivity contribution in [3.8, 4) is 12.1 Å². The molecule has 9 nitrogen and oxygen atoms in total. The molecular formula is C29H30N6O3. The van der Waals surface area contributed by atoms with Crippen molar-refractivity contribution in [3.63, 3.8) is 0 Å². The minimum atomic E-state index is -0.313. The van der Waals surface area contributed by atoms with E-state index in [9.17, 15) is 14.4 Å². The summed E-state index contributed by atoms with van der Waals surface area (Å²) in [6.07, 6.45) is 4.19. The van der Waals surface area contributed by atoms with E-state index in [1.54, 1.807) is 60.7 Å². The molecule has 0 aromatic heterocycles. The van der Waals surface area contributed by atoms with Gasteiger partial charge < -0.3 is 16.0 Å². The fraction of sp³-hybridized carbons (Fsp3) is 0.276. The number of likely N-dealkylation sites (tertiary alicyclic amines) is 1. The number of nitrogens with one attached hydrogen (secondary N) is 1. The van der Waals surface area contributed by atoms with Gasteiger partial charge in [-0.05, 0) is 74.1 Å². The van der Waals surface area contributed by atoms with E-state index in [1.165, 1.54) is 4.90 Å². The lowest BCUT2D eigenvalue weighted by atomic mass is 9.94. The number of nitrogens with two attached hydrogens (primary N) is 1. The highest BCUT2D eigenvalue weighted by Gasteiger charge is 2.29. The summed E-state index contributed by atoms with van der Waals surface area (Å²) in [6, 6.07) is 17.7. The summed E-state index contributed by atoms with van der Waals surface area (Å²) in [5.74, 6) is -0.770. The van der Waals surface area contributed by atoms with Crippen LogP contribution in [0, 0.1) is 22.7 Å². The molecule has 1 aliphatic rings. The van der Waals surface area contributed by atoms with E-state index in [-0.39, 0.29) is 43.8 Å². The number of carbonyl (C=O) groups excluding carboxylic acids is 3. The molecule has 194 valence electrons. The Labute approximate surface area is 222 Å². The van der Waals surface area contributed by atoms with Gasteiger partial charge in [-0.2, -0.15) is 10.5 Å². The van der Waals surface area contributed by atoms with E-state index in [1.807, 2.05) is 11.9 Å². The molecule has 2 amide bonds. The number of rotatable bonds is 9. The molecule has 0 aliphatic carbocycles. The van der Waals surface area contributed by atoms with Gasteiger partial charge in [0.05, 0.1) is 36.4 Å². The van der Waals surface area contributed by atoms with E-state index in [0.717, 1.165) is 17.5 Å². The zero-order valence-electron chi connectivity index (χ0n) is 21.3. The zero-order valence-corrected chi connectivity index (χ0v) is 21.3. The summed E-state index contributed by atoms with van der Waals surface area (Å²) in [6.45, 7) is 1.36. The smallest absolute Gasteiger partial charge is 0.242 e. The number of nitriles is 2. The lowest BCUT2D eigenvalue weighted by molar-refractivity contribution is -0.133. The molecule has 1 fully saturated rings. The lowest BCUT2D eigenvalue weighted by Crippen LogP contribution is -2.47. The van der Waals surface area contributed by atoms with Gasteiger partial charge in [0.1, 0.15) is 0 Å². The van der Waals surface area contributed by atoms with Crippen molar-refractivity contribution >= 4 is 29.7 Å². The van der Waals surface area contributed by atoms with Crippen LogP contribution >= 0.6 is 0 Å². The SMILES string of the molecule is CN(CCCN)CC(=O)NCC(=O)N1C/C(=C\c2ccc(C#N)cc2)C(=O)/C(=C/c2ccc(C#N)cc2)C1. The highest BCUT2D eigenvalue weighted by atomic mass is 16.2. The highest BCUT2D eigenvalue weighted by molar-refractivity contribution is 6.15. The summed E-state index contributed by atoms with van der Waals surface area (Å²) in [4.78, 5) is 42.1. The first-order valence-electron chi connectivity index (χ1n) is 12.2. The third-order valence-corrected chi connectivity index (χ3v) is 6.01. The fourth-order valence-electron chi connectivity index (χ4n) is 3.95. The lowest BCUT2D eigenvalue weighted by Gasteiger charge is -2.30. The van der Waals surface area contributed by atoms with Crippen molar-refractivity contribution in [1.29, 1.82) is 10.5 Å². The van der Waals surface area contributed by atoms with Crippen molar-refractivity contribution in [1.82, 2.24) is 15.1 Å². The van der Waals surface area contributed by atoms with Gasteiger partial charge in [-0.15, -0.1) is 0 Å². The number of piperidine rings is 1. The molecule has 3 N–H and O–H groups in total. The number of nitrogens with zero attached hydrogens (tertiary/aromatic N) is 4. The monoisotopic (exact) mass is 510 g/mol. The van der Waals surface area contributed by atoms with Gasteiger partial charge in [-0.1, -0.05) is 24.3 Å². The topological polar surface area (TPSA) is 143 Å². The second-order valence-electron chi connectivity index (χ2n) is 9.04. The largest absolute Gasteiger partial charge is 0.346 e. The van der Waals surface area contributed by atoms with Crippen LogP contribution in [0.5, 0.6) is 0 Å². The molecule has 1 saturated heterocycles. The molecular weight excluding hydrogens is 480 g/mol. The number of likely N-dealkylation sites (N-methyl/N-ethyl adjacent to an activating group) is 1. The Morgan fingerprint density at radius 3 is 1.92 bits per heavy atom. The first-order chi connectivity index (χ1) is 18.3. The maximum absolute atomic E-state index is 13.4. The average molecular weight is 511 g/mol. The maximum Gasteiger partial charge on any atom is 0.242 e. The van der Waals surface area contributed by atoms with Crippen LogP contribution in [0.1, 0.15) is 28.7 Å². The predicted molar refractivity (Wildman–Crippen MR) is 144 cm³/mol. The molecule has 2 aromatic rings. The average Bonchev–Trinajstić information content (AvgIpc) is 2.93. The quantitative estimate of drug-likeness (QED) is 0.489. The van der Waals surface area contributed by atoms with E-state index in [4.69, 9.17) is 16.3 Å². The molecule has 0 spiro atoms. The van der Waals surface area contributed by atoms with Crippen LogP contribution in [-0.4, -0.2) is 73.7 Å². The molecule has 2 aromatic carbocycles. The molecule has 0 radical (unpaired) electrons. The van der Waals surface area contributed by atoms with Crippen molar-refractivity contribution < 1.29 is 14.4 Å². The minimum absolute atomic E-state index is 0.0919. The highest BCUT2D eigenvalue weighted by Crippen LogP contribution is 2.22. The number of carbonyl (C=O) groups is 3. The summed E-state index contributed by atoms with van der Waals surface area (Å²) >= 11 is 0.